The largest absolute Gasteiger partial charge is 0.481 e. The van der Waals surface area contributed by atoms with Crippen molar-refractivity contribution in [2.45, 2.75) is 19.6 Å². The Kier molecular flexibility index (Phi) is 7.92. The lowest BCUT2D eigenvalue weighted by Gasteiger charge is -2.27. The summed E-state index contributed by atoms with van der Waals surface area (Å²) >= 11 is 5.89. The van der Waals surface area contributed by atoms with Crippen LogP contribution in [0.3, 0.4) is 0 Å². The molecule has 0 radical (unpaired) electrons. The van der Waals surface area contributed by atoms with Crippen LogP contribution >= 0.6 is 11.6 Å². The minimum atomic E-state index is -0.962. The molecule has 0 aliphatic heterocycles. The van der Waals surface area contributed by atoms with E-state index in [9.17, 15) is 14.4 Å². The Bertz CT molecular complexity index is 1210. The van der Waals surface area contributed by atoms with Crippen LogP contribution in [-0.4, -0.2) is 41.8 Å². The molecule has 174 valence electrons. The summed E-state index contributed by atoms with van der Waals surface area (Å²) in [7, 11) is 1.47. The van der Waals surface area contributed by atoms with E-state index >= 15 is 0 Å². The van der Waals surface area contributed by atoms with Gasteiger partial charge in [-0.15, -0.1) is 0 Å². The summed E-state index contributed by atoms with van der Waals surface area (Å²) in [5, 5.41) is 0.531. The molecule has 1 atom stereocenters. The highest BCUT2D eigenvalue weighted by Crippen LogP contribution is 2.21. The normalized spacial score (nSPS) is 11.7. The van der Waals surface area contributed by atoms with E-state index in [-0.39, 0.29) is 31.2 Å². The maximum absolute atomic E-state index is 13.3. The van der Waals surface area contributed by atoms with Crippen LogP contribution in [0.1, 0.15) is 12.5 Å². The molecule has 3 aromatic rings. The zero-order valence-corrected chi connectivity index (χ0v) is 19.0. The third kappa shape index (κ3) is 5.82. The number of aromatic amines is 1. The monoisotopic (exact) mass is 472 g/mol. The Labute approximate surface area is 195 Å². The number of ether oxygens (including phenoxy) is 2. The van der Waals surface area contributed by atoms with E-state index in [0.29, 0.717) is 10.8 Å². The summed E-state index contributed by atoms with van der Waals surface area (Å²) in [6, 6.07) is 15.7. The molecule has 0 aliphatic carbocycles. The third-order valence-corrected chi connectivity index (χ3v) is 5.18. The van der Waals surface area contributed by atoms with Gasteiger partial charge < -0.3 is 15.2 Å². The fourth-order valence-corrected chi connectivity index (χ4v) is 3.39. The number of nitrogens with two attached hydrogens (primary N) is 1. The highest BCUT2D eigenvalue weighted by atomic mass is 35.5. The number of nitrogens with zero attached hydrogens (tertiary/aromatic N) is 2. The Morgan fingerprint density at radius 1 is 1.15 bits per heavy atom. The standard InChI is InChI=1S/C23H25ClN4O5/c1-15(33-18-10-8-17(24)9-11-18)22(30)27(12-13-32-2)19-20(25)28(23(31)26-21(19)29)14-16-6-4-3-5-7-16/h3-11,15H,12-14,25H2,1-2H3,(H,26,29,31). The van der Waals surface area contributed by atoms with Crippen molar-refractivity contribution < 1.29 is 14.3 Å². The SMILES string of the molecule is COCCN(C(=O)C(C)Oc1ccc(Cl)cc1)c1c(N)n(Cc2ccccc2)c(=O)[nH]c1=O. The number of carbonyl (C=O) groups excluding carboxylic acids is 1. The fourth-order valence-electron chi connectivity index (χ4n) is 3.26. The number of benzene rings is 2. The van der Waals surface area contributed by atoms with Gasteiger partial charge in [0.15, 0.2) is 11.8 Å². The van der Waals surface area contributed by atoms with Crippen molar-refractivity contribution >= 4 is 29.0 Å². The number of hydrogen-bond acceptors (Lipinski definition) is 6. The van der Waals surface area contributed by atoms with Gasteiger partial charge >= 0.3 is 5.69 Å². The van der Waals surface area contributed by atoms with E-state index < -0.39 is 23.3 Å². The van der Waals surface area contributed by atoms with Crippen molar-refractivity contribution in [2.24, 2.45) is 0 Å². The molecule has 9 nitrogen and oxygen atoms in total. The van der Waals surface area contributed by atoms with Gasteiger partial charge in [0.1, 0.15) is 11.6 Å². The summed E-state index contributed by atoms with van der Waals surface area (Å²) in [6.07, 6.45) is -0.962. The first kappa shape index (κ1) is 24.1. The second-order valence-electron chi connectivity index (χ2n) is 7.26. The van der Waals surface area contributed by atoms with Crippen molar-refractivity contribution in [3.05, 3.63) is 86.0 Å². The molecule has 10 heteroatoms. The molecule has 3 rings (SSSR count). The summed E-state index contributed by atoms with van der Waals surface area (Å²) in [4.78, 5) is 42.0. The molecule has 3 N–H and O–H groups in total. The number of carbonyl (C=O) groups is 1. The number of anilines is 2. The summed E-state index contributed by atoms with van der Waals surface area (Å²) < 4.78 is 12.1. The van der Waals surface area contributed by atoms with Crippen molar-refractivity contribution in [1.29, 1.82) is 0 Å². The summed E-state index contributed by atoms with van der Waals surface area (Å²) in [5.74, 6) is -0.220. The highest BCUT2D eigenvalue weighted by molar-refractivity contribution is 6.30. The first-order valence-corrected chi connectivity index (χ1v) is 10.6. The average molecular weight is 473 g/mol. The predicted molar refractivity (Wildman–Crippen MR) is 127 cm³/mol. The number of nitrogen functional groups attached to an aromatic ring is 1. The minimum Gasteiger partial charge on any atom is -0.481 e. The van der Waals surface area contributed by atoms with Crippen LogP contribution in [0.25, 0.3) is 0 Å². The van der Waals surface area contributed by atoms with Gasteiger partial charge in [-0.05, 0) is 36.8 Å². The van der Waals surface area contributed by atoms with Crippen LogP contribution < -0.4 is 26.6 Å². The minimum absolute atomic E-state index is 0.0282. The number of amides is 1. The van der Waals surface area contributed by atoms with Crippen molar-refractivity contribution in [2.75, 3.05) is 30.9 Å². The zero-order valence-electron chi connectivity index (χ0n) is 18.3. The summed E-state index contributed by atoms with van der Waals surface area (Å²) in [6.45, 7) is 1.84. The molecule has 0 saturated heterocycles. The fraction of sp³-hybridized carbons (Fsp3) is 0.261. The van der Waals surface area contributed by atoms with Gasteiger partial charge in [-0.2, -0.15) is 0 Å². The molecule has 2 aromatic carbocycles. The van der Waals surface area contributed by atoms with Crippen LogP contribution in [0.2, 0.25) is 5.02 Å². The first-order chi connectivity index (χ1) is 15.8. The van der Waals surface area contributed by atoms with Gasteiger partial charge in [0.25, 0.3) is 11.5 Å². The quantitative estimate of drug-likeness (QED) is 0.493. The highest BCUT2D eigenvalue weighted by Gasteiger charge is 2.28. The molecule has 0 spiro atoms. The van der Waals surface area contributed by atoms with E-state index in [1.54, 1.807) is 31.2 Å². The van der Waals surface area contributed by atoms with E-state index in [1.165, 1.54) is 16.6 Å². The molecule has 0 aliphatic rings. The van der Waals surface area contributed by atoms with Crippen molar-refractivity contribution in [1.82, 2.24) is 9.55 Å². The first-order valence-electron chi connectivity index (χ1n) is 10.2. The molecule has 1 amide bonds. The predicted octanol–water partition coefficient (Wildman–Crippen LogP) is 2.27. The van der Waals surface area contributed by atoms with Crippen LogP contribution in [-0.2, 0) is 16.1 Å². The lowest BCUT2D eigenvalue weighted by molar-refractivity contribution is -0.124. The third-order valence-electron chi connectivity index (χ3n) is 4.93. The Morgan fingerprint density at radius 3 is 2.45 bits per heavy atom. The smallest absolute Gasteiger partial charge is 0.330 e. The lowest BCUT2D eigenvalue weighted by Crippen LogP contribution is -2.47. The van der Waals surface area contributed by atoms with Crippen LogP contribution in [0.15, 0.2) is 64.2 Å². The van der Waals surface area contributed by atoms with Gasteiger partial charge in [0.2, 0.25) is 0 Å². The average Bonchev–Trinajstić information content (AvgIpc) is 2.80. The van der Waals surface area contributed by atoms with Gasteiger partial charge in [-0.1, -0.05) is 41.9 Å². The molecule has 0 saturated carbocycles. The molecular formula is C23H25ClN4O5. The maximum atomic E-state index is 13.3. The number of H-pyrrole nitrogens is 1. The molecular weight excluding hydrogens is 448 g/mol. The molecule has 33 heavy (non-hydrogen) atoms. The van der Waals surface area contributed by atoms with E-state index in [2.05, 4.69) is 4.98 Å². The zero-order chi connectivity index (χ0) is 24.0. The number of hydrogen-bond donors (Lipinski definition) is 2. The van der Waals surface area contributed by atoms with Crippen LogP contribution in [0.5, 0.6) is 5.75 Å². The summed E-state index contributed by atoms with van der Waals surface area (Å²) in [5.41, 5.74) is 5.49. The van der Waals surface area contributed by atoms with Crippen LogP contribution in [0.4, 0.5) is 11.5 Å². The van der Waals surface area contributed by atoms with Gasteiger partial charge in [-0.3, -0.25) is 24.0 Å². The second-order valence-corrected chi connectivity index (χ2v) is 7.70. The van der Waals surface area contributed by atoms with Gasteiger partial charge in [0.05, 0.1) is 13.2 Å². The van der Waals surface area contributed by atoms with Crippen molar-refractivity contribution in [3.8, 4) is 5.75 Å². The topological polar surface area (TPSA) is 120 Å². The Hall–Kier alpha value is -3.56. The van der Waals surface area contributed by atoms with Crippen LogP contribution in [0, 0.1) is 0 Å². The second kappa shape index (κ2) is 10.8. The Morgan fingerprint density at radius 2 is 1.82 bits per heavy atom. The van der Waals surface area contributed by atoms with Gasteiger partial charge in [-0.25, -0.2) is 4.79 Å². The molecule has 0 fully saturated rings. The molecule has 0 bridgehead atoms. The number of nitrogens with one attached hydrogen (secondary N) is 1. The van der Waals surface area contributed by atoms with Gasteiger partial charge in [0, 0.05) is 18.7 Å². The van der Waals surface area contributed by atoms with E-state index in [0.717, 1.165) is 5.56 Å². The molecule has 1 unspecified atom stereocenters. The number of aromatic nitrogens is 2. The lowest BCUT2D eigenvalue weighted by atomic mass is 10.2. The maximum Gasteiger partial charge on any atom is 0.330 e. The number of methoxy groups -OCH3 is 1. The van der Waals surface area contributed by atoms with E-state index in [1.807, 2.05) is 30.3 Å². The Balaban J connectivity index is 1.97. The van der Waals surface area contributed by atoms with Crippen molar-refractivity contribution in [3.63, 3.8) is 0 Å². The number of halogens is 1. The number of rotatable bonds is 9. The molecule has 1 heterocycles. The molecule has 1 aromatic heterocycles. The van der Waals surface area contributed by atoms with E-state index in [4.69, 9.17) is 26.8 Å².